The van der Waals surface area contributed by atoms with Crippen LogP contribution in [0.15, 0.2) is 39.0 Å². The summed E-state index contributed by atoms with van der Waals surface area (Å²) in [6, 6.07) is 6.82. The number of aromatic nitrogens is 3. The molecule has 0 radical (unpaired) electrons. The number of carbonyl (C=O) groups is 1. The summed E-state index contributed by atoms with van der Waals surface area (Å²) in [5.74, 6) is -0.626. The zero-order chi connectivity index (χ0) is 18.4. The van der Waals surface area contributed by atoms with Crippen LogP contribution in [0.1, 0.15) is 12.5 Å². The standard InChI is InChI=1S/C15H19N7O3/c1-9(17-12-14(24)18-15(25)21-19-12)13(23)20-16-8-10-4-6-11(7-5-10)22(2)3/h4-9H,1-3H3,(H,17,19)(H,20,23)(H2,18,21,24,25)/b16-8-/t9-/m1/s1. The first-order chi connectivity index (χ1) is 11.9. The number of nitrogens with zero attached hydrogens (tertiary/aromatic N) is 3. The topological polar surface area (TPSA) is 135 Å². The third-order valence-electron chi connectivity index (χ3n) is 3.26. The number of hydrazone groups is 1. The third kappa shape index (κ3) is 5.03. The van der Waals surface area contributed by atoms with Crippen molar-refractivity contribution in [2.75, 3.05) is 24.3 Å². The minimum Gasteiger partial charge on any atom is -0.378 e. The van der Waals surface area contributed by atoms with Crippen LogP contribution in [0, 0.1) is 0 Å². The first-order valence-corrected chi connectivity index (χ1v) is 7.42. The van der Waals surface area contributed by atoms with Crippen molar-refractivity contribution in [1.82, 2.24) is 20.6 Å². The number of amides is 1. The van der Waals surface area contributed by atoms with Crippen LogP contribution in [-0.2, 0) is 4.79 Å². The molecule has 132 valence electrons. The summed E-state index contributed by atoms with van der Waals surface area (Å²) in [6.07, 6.45) is 1.51. The minimum absolute atomic E-state index is 0.162. The lowest BCUT2D eigenvalue weighted by molar-refractivity contribution is -0.121. The zero-order valence-corrected chi connectivity index (χ0v) is 14.0. The maximum atomic E-state index is 12.0. The highest BCUT2D eigenvalue weighted by atomic mass is 16.2. The number of anilines is 2. The molecule has 0 bridgehead atoms. The molecule has 1 heterocycles. The van der Waals surface area contributed by atoms with E-state index in [1.807, 2.05) is 48.2 Å². The molecule has 1 amide bonds. The van der Waals surface area contributed by atoms with Crippen molar-refractivity contribution in [3.8, 4) is 0 Å². The van der Waals surface area contributed by atoms with Gasteiger partial charge in [-0.2, -0.15) is 5.10 Å². The SMILES string of the molecule is C[C@@H](Nc1n[nH]c(=O)[nH]c1=O)C(=O)N/N=C\c1ccc(N(C)C)cc1. The Morgan fingerprint density at radius 3 is 2.56 bits per heavy atom. The number of carbonyl (C=O) groups excluding carboxylic acids is 1. The fraction of sp³-hybridized carbons (Fsp3) is 0.267. The van der Waals surface area contributed by atoms with Crippen molar-refractivity contribution in [2.24, 2.45) is 5.10 Å². The maximum absolute atomic E-state index is 12.0. The number of benzene rings is 1. The van der Waals surface area contributed by atoms with E-state index in [2.05, 4.69) is 26.0 Å². The van der Waals surface area contributed by atoms with Gasteiger partial charge in [-0.3, -0.25) is 14.6 Å². The molecule has 0 saturated heterocycles. The lowest BCUT2D eigenvalue weighted by Gasteiger charge is -2.12. The predicted octanol–water partition coefficient (Wildman–Crippen LogP) is -0.525. The lowest BCUT2D eigenvalue weighted by atomic mass is 10.2. The van der Waals surface area contributed by atoms with Crippen LogP contribution in [0.2, 0.25) is 0 Å². The van der Waals surface area contributed by atoms with Gasteiger partial charge in [0.05, 0.1) is 6.21 Å². The monoisotopic (exact) mass is 345 g/mol. The average Bonchev–Trinajstić information content (AvgIpc) is 2.57. The summed E-state index contributed by atoms with van der Waals surface area (Å²) in [5.41, 5.74) is 2.80. The Morgan fingerprint density at radius 1 is 1.28 bits per heavy atom. The molecule has 2 rings (SSSR count). The second-order valence-corrected chi connectivity index (χ2v) is 5.44. The summed E-state index contributed by atoms with van der Waals surface area (Å²) >= 11 is 0. The predicted molar refractivity (Wildman–Crippen MR) is 95.1 cm³/mol. The molecule has 1 atom stereocenters. The first kappa shape index (κ1) is 17.9. The molecule has 1 aromatic heterocycles. The maximum Gasteiger partial charge on any atom is 0.342 e. The Morgan fingerprint density at radius 2 is 1.96 bits per heavy atom. The van der Waals surface area contributed by atoms with E-state index in [9.17, 15) is 14.4 Å². The molecular formula is C15H19N7O3. The number of aromatic amines is 2. The van der Waals surface area contributed by atoms with Gasteiger partial charge in [0.2, 0.25) is 5.82 Å². The molecule has 4 N–H and O–H groups in total. The molecule has 0 aliphatic carbocycles. The highest BCUT2D eigenvalue weighted by Crippen LogP contribution is 2.10. The van der Waals surface area contributed by atoms with E-state index in [4.69, 9.17) is 0 Å². The molecule has 0 aliphatic rings. The summed E-state index contributed by atoms with van der Waals surface area (Å²) in [4.78, 5) is 38.3. The summed E-state index contributed by atoms with van der Waals surface area (Å²) in [5, 5.41) is 12.1. The van der Waals surface area contributed by atoms with Crippen molar-refractivity contribution < 1.29 is 4.79 Å². The van der Waals surface area contributed by atoms with Gasteiger partial charge >= 0.3 is 5.69 Å². The van der Waals surface area contributed by atoms with E-state index in [1.54, 1.807) is 0 Å². The number of hydrogen-bond acceptors (Lipinski definition) is 7. The number of nitrogens with one attached hydrogen (secondary N) is 4. The van der Waals surface area contributed by atoms with Crippen LogP contribution < -0.4 is 26.9 Å². The van der Waals surface area contributed by atoms with Crippen LogP contribution in [0.25, 0.3) is 0 Å². The molecule has 0 saturated carbocycles. The molecule has 0 fully saturated rings. The van der Waals surface area contributed by atoms with Gasteiger partial charge in [0.1, 0.15) is 6.04 Å². The fourth-order valence-corrected chi connectivity index (χ4v) is 1.84. The Labute approximate surface area is 143 Å². The molecule has 1 aromatic carbocycles. The molecule has 25 heavy (non-hydrogen) atoms. The Kier molecular flexibility index (Phi) is 5.66. The molecule has 0 unspecified atom stereocenters. The van der Waals surface area contributed by atoms with Gasteiger partial charge in [0.15, 0.2) is 0 Å². The number of H-pyrrole nitrogens is 2. The van der Waals surface area contributed by atoms with Gasteiger partial charge < -0.3 is 10.2 Å². The zero-order valence-electron chi connectivity index (χ0n) is 14.0. The summed E-state index contributed by atoms with van der Waals surface area (Å²) < 4.78 is 0. The largest absolute Gasteiger partial charge is 0.378 e. The van der Waals surface area contributed by atoms with Crippen molar-refractivity contribution in [3.63, 3.8) is 0 Å². The highest BCUT2D eigenvalue weighted by molar-refractivity contribution is 5.86. The quantitative estimate of drug-likeness (QED) is 0.411. The van der Waals surface area contributed by atoms with E-state index in [-0.39, 0.29) is 5.82 Å². The van der Waals surface area contributed by atoms with Crippen LogP contribution >= 0.6 is 0 Å². The van der Waals surface area contributed by atoms with Crippen LogP contribution in [0.3, 0.4) is 0 Å². The number of hydrogen-bond donors (Lipinski definition) is 4. The van der Waals surface area contributed by atoms with Gasteiger partial charge in [-0.1, -0.05) is 12.1 Å². The second kappa shape index (κ2) is 7.90. The normalized spacial score (nSPS) is 12.0. The Hall–Kier alpha value is -3.43. The summed E-state index contributed by atoms with van der Waals surface area (Å²) in [7, 11) is 3.89. The van der Waals surface area contributed by atoms with Crippen LogP contribution in [0.5, 0.6) is 0 Å². The van der Waals surface area contributed by atoms with E-state index >= 15 is 0 Å². The second-order valence-electron chi connectivity index (χ2n) is 5.44. The average molecular weight is 345 g/mol. The molecular weight excluding hydrogens is 326 g/mol. The smallest absolute Gasteiger partial charge is 0.342 e. The van der Waals surface area contributed by atoms with Crippen molar-refractivity contribution in [3.05, 3.63) is 50.7 Å². The summed E-state index contributed by atoms with van der Waals surface area (Å²) in [6.45, 7) is 1.53. The Bertz CT molecular complexity index is 868. The minimum atomic E-state index is -0.784. The van der Waals surface area contributed by atoms with E-state index < -0.39 is 23.2 Å². The molecule has 0 aliphatic heterocycles. The van der Waals surface area contributed by atoms with Crippen molar-refractivity contribution in [1.29, 1.82) is 0 Å². The highest BCUT2D eigenvalue weighted by Gasteiger charge is 2.14. The first-order valence-electron chi connectivity index (χ1n) is 7.42. The van der Waals surface area contributed by atoms with Gasteiger partial charge in [0.25, 0.3) is 11.5 Å². The van der Waals surface area contributed by atoms with Crippen molar-refractivity contribution in [2.45, 2.75) is 13.0 Å². The van der Waals surface area contributed by atoms with Gasteiger partial charge in [-0.15, -0.1) is 5.10 Å². The van der Waals surface area contributed by atoms with Crippen LogP contribution in [0.4, 0.5) is 11.5 Å². The van der Waals surface area contributed by atoms with E-state index in [0.29, 0.717) is 0 Å². The Balaban J connectivity index is 1.92. The third-order valence-corrected chi connectivity index (χ3v) is 3.26. The molecule has 0 spiro atoms. The molecule has 10 nitrogen and oxygen atoms in total. The van der Waals surface area contributed by atoms with Gasteiger partial charge in [-0.25, -0.2) is 15.3 Å². The van der Waals surface area contributed by atoms with Gasteiger partial charge in [-0.05, 0) is 24.6 Å². The fourth-order valence-electron chi connectivity index (χ4n) is 1.84. The van der Waals surface area contributed by atoms with E-state index in [0.717, 1.165) is 11.3 Å². The lowest BCUT2D eigenvalue weighted by Crippen LogP contribution is -2.38. The number of rotatable bonds is 6. The van der Waals surface area contributed by atoms with Crippen molar-refractivity contribution >= 4 is 23.6 Å². The van der Waals surface area contributed by atoms with Crippen LogP contribution in [-0.4, -0.2) is 47.4 Å². The molecule has 2 aromatic rings. The van der Waals surface area contributed by atoms with E-state index in [1.165, 1.54) is 13.1 Å². The van der Waals surface area contributed by atoms with Gasteiger partial charge in [0, 0.05) is 19.8 Å². The molecule has 10 heteroatoms.